The van der Waals surface area contributed by atoms with Crippen LogP contribution in [0.1, 0.15) is 23.8 Å². The van der Waals surface area contributed by atoms with Gasteiger partial charge in [0, 0.05) is 5.71 Å². The smallest absolute Gasteiger partial charge is 0.295 e. The van der Waals surface area contributed by atoms with E-state index in [0.717, 1.165) is 5.56 Å². The first-order valence-electron chi connectivity index (χ1n) is 5.70. The molecule has 0 aliphatic heterocycles. The molecule has 0 saturated heterocycles. The molecule has 5 nitrogen and oxygen atoms in total. The van der Waals surface area contributed by atoms with Gasteiger partial charge < -0.3 is 20.0 Å². The molecule has 19 heavy (non-hydrogen) atoms. The molecule has 0 saturated carbocycles. The highest BCUT2D eigenvalue weighted by atomic mass is 16.5. The van der Waals surface area contributed by atoms with E-state index >= 15 is 0 Å². The maximum Gasteiger partial charge on any atom is 0.295 e. The van der Waals surface area contributed by atoms with Gasteiger partial charge in [-0.2, -0.15) is 0 Å². The van der Waals surface area contributed by atoms with Gasteiger partial charge in [0.1, 0.15) is 5.56 Å². The van der Waals surface area contributed by atoms with Crippen molar-refractivity contribution >= 4 is 17.6 Å². The minimum atomic E-state index is -0.477. The number of nitrogens with zero attached hydrogens (tertiary/aromatic N) is 1. The molecule has 3 N–H and O–H groups in total. The number of aromatic hydroxyl groups is 2. The van der Waals surface area contributed by atoms with Gasteiger partial charge in [-0.15, -0.1) is 0 Å². The second-order valence-electron chi connectivity index (χ2n) is 4.21. The van der Waals surface area contributed by atoms with E-state index in [2.05, 4.69) is 4.99 Å². The van der Waals surface area contributed by atoms with Gasteiger partial charge >= 0.3 is 0 Å². The van der Waals surface area contributed by atoms with Crippen molar-refractivity contribution in [3.8, 4) is 11.7 Å². The predicted molar refractivity (Wildman–Crippen MR) is 73.0 cm³/mol. The van der Waals surface area contributed by atoms with E-state index in [1.165, 1.54) is 13.1 Å². The fourth-order valence-corrected chi connectivity index (χ4v) is 1.62. The Balaban J connectivity index is 2.31. The average Bonchev–Trinajstić information content (AvgIpc) is 2.63. The highest BCUT2D eigenvalue weighted by molar-refractivity contribution is 6.03. The van der Waals surface area contributed by atoms with Crippen molar-refractivity contribution < 1.29 is 14.6 Å². The molecular formula is C14H14N2O3. The monoisotopic (exact) mass is 258 g/mol. The van der Waals surface area contributed by atoms with Gasteiger partial charge in [0.05, 0.1) is 11.9 Å². The molecule has 0 atom stereocenters. The van der Waals surface area contributed by atoms with Crippen LogP contribution in [0.5, 0.6) is 11.7 Å². The summed E-state index contributed by atoms with van der Waals surface area (Å²) in [5.41, 5.74) is 1.84. The molecule has 0 unspecified atom stereocenters. The van der Waals surface area contributed by atoms with Crippen molar-refractivity contribution in [1.29, 1.82) is 5.41 Å². The summed E-state index contributed by atoms with van der Waals surface area (Å²) in [7, 11) is 0. The highest BCUT2D eigenvalue weighted by Gasteiger charge is 2.19. The van der Waals surface area contributed by atoms with E-state index in [9.17, 15) is 10.2 Å². The zero-order valence-corrected chi connectivity index (χ0v) is 10.6. The Morgan fingerprint density at radius 3 is 2.42 bits per heavy atom. The molecule has 1 aromatic heterocycles. The number of benzene rings is 1. The van der Waals surface area contributed by atoms with Crippen molar-refractivity contribution in [3.63, 3.8) is 0 Å². The maximum atomic E-state index is 9.82. The van der Waals surface area contributed by atoms with Gasteiger partial charge in [-0.05, 0) is 26.0 Å². The fraction of sp³-hybridized carbons (Fsp3) is 0.143. The Morgan fingerprint density at radius 2 is 1.89 bits per heavy atom. The molecule has 98 valence electrons. The molecule has 0 aliphatic rings. The number of aryl methyl sites for hydroxylation is 1. The van der Waals surface area contributed by atoms with E-state index in [1.807, 2.05) is 31.2 Å². The molecule has 0 radical (unpaired) electrons. The zero-order valence-electron chi connectivity index (χ0n) is 10.6. The first kappa shape index (κ1) is 12.9. The molecule has 0 spiro atoms. The number of rotatable bonds is 3. The third-order valence-corrected chi connectivity index (χ3v) is 2.63. The van der Waals surface area contributed by atoms with Crippen LogP contribution >= 0.6 is 0 Å². The number of hydrogen-bond acceptors (Lipinski definition) is 5. The Hall–Kier alpha value is -2.56. The zero-order chi connectivity index (χ0) is 14.0. The summed E-state index contributed by atoms with van der Waals surface area (Å²) in [4.78, 5) is 4.13. The summed E-state index contributed by atoms with van der Waals surface area (Å²) < 4.78 is 4.97. The van der Waals surface area contributed by atoms with Crippen LogP contribution in [0, 0.1) is 12.3 Å². The summed E-state index contributed by atoms with van der Waals surface area (Å²) >= 11 is 0. The van der Waals surface area contributed by atoms with Crippen molar-refractivity contribution in [2.24, 2.45) is 4.99 Å². The Morgan fingerprint density at radius 1 is 1.26 bits per heavy atom. The van der Waals surface area contributed by atoms with E-state index in [1.54, 1.807) is 0 Å². The van der Waals surface area contributed by atoms with Crippen LogP contribution < -0.4 is 0 Å². The van der Waals surface area contributed by atoms with Crippen molar-refractivity contribution in [3.05, 3.63) is 41.2 Å². The highest BCUT2D eigenvalue weighted by Crippen LogP contribution is 2.33. The topological polar surface area (TPSA) is 89.8 Å². The molecule has 0 bridgehead atoms. The van der Waals surface area contributed by atoms with Crippen molar-refractivity contribution in [2.45, 2.75) is 13.8 Å². The first-order valence-corrected chi connectivity index (χ1v) is 5.70. The van der Waals surface area contributed by atoms with Crippen LogP contribution in [0.3, 0.4) is 0 Å². The van der Waals surface area contributed by atoms with Crippen LogP contribution in [0.15, 0.2) is 33.7 Å². The van der Waals surface area contributed by atoms with Crippen LogP contribution in [0.2, 0.25) is 0 Å². The van der Waals surface area contributed by atoms with Crippen LogP contribution in [-0.2, 0) is 0 Å². The van der Waals surface area contributed by atoms with Gasteiger partial charge in [0.2, 0.25) is 0 Å². The predicted octanol–water partition coefficient (Wildman–Crippen LogP) is 3.14. The Labute approximate surface area is 110 Å². The van der Waals surface area contributed by atoms with Gasteiger partial charge in [0.25, 0.3) is 5.95 Å². The van der Waals surface area contributed by atoms with Gasteiger partial charge in [-0.25, -0.2) is 0 Å². The summed E-state index contributed by atoms with van der Waals surface area (Å²) in [6.45, 7) is 3.42. The number of furan rings is 1. The van der Waals surface area contributed by atoms with Crippen molar-refractivity contribution in [1.82, 2.24) is 0 Å². The SMILES string of the molecule is CC(=N)c1c(O)oc(C=Nc2ccc(C)cc2)c1O. The minimum absolute atomic E-state index is 0.00893. The lowest BCUT2D eigenvalue weighted by atomic mass is 10.2. The Kier molecular flexibility index (Phi) is 3.37. The van der Waals surface area contributed by atoms with E-state index < -0.39 is 5.95 Å². The number of nitrogens with one attached hydrogen (secondary N) is 1. The van der Waals surface area contributed by atoms with Crippen LogP contribution in [0.4, 0.5) is 5.69 Å². The second-order valence-corrected chi connectivity index (χ2v) is 4.21. The number of aliphatic imine (C=N–C) groups is 1. The minimum Gasteiger partial charge on any atom is -0.504 e. The van der Waals surface area contributed by atoms with Crippen LogP contribution in [0.25, 0.3) is 0 Å². The van der Waals surface area contributed by atoms with Crippen molar-refractivity contribution in [2.75, 3.05) is 0 Å². The molecule has 0 aliphatic carbocycles. The third-order valence-electron chi connectivity index (χ3n) is 2.63. The summed E-state index contributed by atoms with van der Waals surface area (Å²) in [5, 5.41) is 26.7. The van der Waals surface area contributed by atoms with Crippen LogP contribution in [-0.4, -0.2) is 22.1 Å². The van der Waals surface area contributed by atoms with Gasteiger partial charge in [-0.3, -0.25) is 4.99 Å². The lowest BCUT2D eigenvalue weighted by molar-refractivity contribution is 0.329. The number of hydrogen-bond donors (Lipinski definition) is 3. The molecule has 0 fully saturated rings. The largest absolute Gasteiger partial charge is 0.504 e. The summed E-state index contributed by atoms with van der Waals surface area (Å²) in [6.07, 6.45) is 1.31. The quantitative estimate of drug-likeness (QED) is 0.739. The average molecular weight is 258 g/mol. The van der Waals surface area contributed by atoms with E-state index in [0.29, 0.717) is 5.69 Å². The molecule has 1 aromatic carbocycles. The lowest BCUT2D eigenvalue weighted by Crippen LogP contribution is -1.89. The molecule has 0 amide bonds. The molecular weight excluding hydrogens is 244 g/mol. The van der Waals surface area contributed by atoms with Gasteiger partial charge in [-0.1, -0.05) is 17.7 Å². The fourth-order valence-electron chi connectivity index (χ4n) is 1.62. The standard InChI is InChI=1S/C14H14N2O3/c1-8-3-5-10(6-4-8)16-7-11-13(17)12(9(2)15)14(18)19-11/h3-7,15,17-18H,1-2H3. The van der Waals surface area contributed by atoms with Gasteiger partial charge in [0.15, 0.2) is 11.5 Å². The molecule has 5 heteroatoms. The normalized spacial score (nSPS) is 11.1. The lowest BCUT2D eigenvalue weighted by Gasteiger charge is -1.94. The second kappa shape index (κ2) is 4.97. The molecule has 2 aromatic rings. The maximum absolute atomic E-state index is 9.82. The van der Waals surface area contributed by atoms with E-state index in [4.69, 9.17) is 9.83 Å². The summed E-state index contributed by atoms with van der Waals surface area (Å²) in [5.74, 6) is -0.726. The summed E-state index contributed by atoms with van der Waals surface area (Å²) in [6, 6.07) is 7.49. The molecule has 2 rings (SSSR count). The van der Waals surface area contributed by atoms with E-state index in [-0.39, 0.29) is 22.8 Å². The first-order chi connectivity index (χ1) is 8.99. The Bertz CT molecular complexity index is 639. The third kappa shape index (κ3) is 2.65. The molecule has 1 heterocycles.